The lowest BCUT2D eigenvalue weighted by Gasteiger charge is -2.24. The summed E-state index contributed by atoms with van der Waals surface area (Å²) in [6.07, 6.45) is -6.91. The first-order chi connectivity index (χ1) is 8.40. The lowest BCUT2D eigenvalue weighted by atomic mass is 10.1. The predicted octanol–water partition coefficient (Wildman–Crippen LogP) is 4.10. The van der Waals surface area contributed by atoms with E-state index in [2.05, 4.69) is 15.9 Å². The van der Waals surface area contributed by atoms with E-state index < -0.39 is 18.4 Å². The maximum absolute atomic E-state index is 12.5. The van der Waals surface area contributed by atoms with Gasteiger partial charge in [0.05, 0.1) is 13.2 Å². The number of alkyl halides is 4. The fourth-order valence-electron chi connectivity index (χ4n) is 1.45. The highest BCUT2D eigenvalue weighted by Gasteiger charge is 2.38. The summed E-state index contributed by atoms with van der Waals surface area (Å²) in [6, 6.07) is 6.86. The number of benzene rings is 1. The van der Waals surface area contributed by atoms with E-state index in [0.717, 1.165) is 6.92 Å². The molecule has 0 saturated carbocycles. The van der Waals surface area contributed by atoms with Crippen LogP contribution in [0, 0.1) is 0 Å². The van der Waals surface area contributed by atoms with Crippen LogP contribution in [-0.4, -0.2) is 24.7 Å². The van der Waals surface area contributed by atoms with Gasteiger partial charge in [0.15, 0.2) is 6.10 Å². The molecule has 0 saturated heterocycles. The normalized spacial score (nSPS) is 15.2. The second-order valence-corrected chi connectivity index (χ2v) is 4.35. The van der Waals surface area contributed by atoms with Crippen LogP contribution in [0.3, 0.4) is 0 Å². The zero-order valence-corrected chi connectivity index (χ0v) is 11.6. The third-order valence-corrected chi connectivity index (χ3v) is 3.04. The topological polar surface area (TPSA) is 18.5 Å². The molecule has 0 bridgehead atoms. The lowest BCUT2D eigenvalue weighted by molar-refractivity contribution is -0.225. The van der Waals surface area contributed by atoms with Gasteiger partial charge < -0.3 is 9.47 Å². The number of halogens is 4. The molecule has 0 spiro atoms. The van der Waals surface area contributed by atoms with E-state index in [1.165, 1.54) is 7.11 Å². The molecule has 1 aromatic carbocycles. The van der Waals surface area contributed by atoms with Gasteiger partial charge in [0.25, 0.3) is 0 Å². The second-order valence-electron chi connectivity index (χ2n) is 3.70. The van der Waals surface area contributed by atoms with Crippen LogP contribution in [0.4, 0.5) is 13.2 Å². The van der Waals surface area contributed by atoms with Crippen LogP contribution >= 0.6 is 15.9 Å². The number of rotatable bonds is 5. The van der Waals surface area contributed by atoms with Crippen LogP contribution in [0.2, 0.25) is 0 Å². The molecule has 1 rings (SSSR count). The number of hydrogen-bond acceptors (Lipinski definition) is 2. The van der Waals surface area contributed by atoms with Gasteiger partial charge in [-0.15, -0.1) is 0 Å². The highest BCUT2D eigenvalue weighted by atomic mass is 79.9. The standard InChI is InChI=1S/C12H14BrF3O2/c1-8(12(14,15)16)18-11(7-13)9-5-3-4-6-10(9)17-2/h3-6,8,11H,7H2,1-2H3. The highest BCUT2D eigenvalue weighted by molar-refractivity contribution is 9.09. The molecular formula is C12H14BrF3O2. The van der Waals surface area contributed by atoms with Crippen molar-refractivity contribution < 1.29 is 22.6 Å². The molecule has 2 atom stereocenters. The molecule has 0 fully saturated rings. The lowest BCUT2D eigenvalue weighted by Crippen LogP contribution is -2.30. The van der Waals surface area contributed by atoms with Crippen molar-refractivity contribution in [1.29, 1.82) is 0 Å². The quantitative estimate of drug-likeness (QED) is 0.758. The molecule has 0 radical (unpaired) electrons. The summed E-state index contributed by atoms with van der Waals surface area (Å²) in [4.78, 5) is 0. The summed E-state index contributed by atoms with van der Waals surface area (Å²) < 4.78 is 47.6. The maximum atomic E-state index is 12.5. The Hall–Kier alpha value is -0.750. The van der Waals surface area contributed by atoms with Crippen molar-refractivity contribution in [2.45, 2.75) is 25.3 Å². The highest BCUT2D eigenvalue weighted by Crippen LogP contribution is 2.33. The van der Waals surface area contributed by atoms with Crippen molar-refractivity contribution >= 4 is 15.9 Å². The summed E-state index contributed by atoms with van der Waals surface area (Å²) in [7, 11) is 1.47. The van der Waals surface area contributed by atoms with Gasteiger partial charge in [-0.1, -0.05) is 34.1 Å². The Morgan fingerprint density at radius 3 is 2.39 bits per heavy atom. The molecular weight excluding hydrogens is 313 g/mol. The van der Waals surface area contributed by atoms with Gasteiger partial charge in [-0.3, -0.25) is 0 Å². The molecule has 6 heteroatoms. The molecule has 0 N–H and O–H groups in total. The van der Waals surface area contributed by atoms with Crippen molar-refractivity contribution in [2.75, 3.05) is 12.4 Å². The van der Waals surface area contributed by atoms with Crippen LogP contribution in [0.1, 0.15) is 18.6 Å². The van der Waals surface area contributed by atoms with Gasteiger partial charge in [0.2, 0.25) is 0 Å². The van der Waals surface area contributed by atoms with Crippen molar-refractivity contribution in [2.24, 2.45) is 0 Å². The van der Waals surface area contributed by atoms with Crippen LogP contribution in [0.5, 0.6) is 5.75 Å². The van der Waals surface area contributed by atoms with E-state index in [-0.39, 0.29) is 5.33 Å². The van der Waals surface area contributed by atoms with Gasteiger partial charge in [-0.05, 0) is 13.0 Å². The molecule has 0 aliphatic rings. The van der Waals surface area contributed by atoms with Gasteiger partial charge >= 0.3 is 6.18 Å². The first-order valence-corrected chi connectivity index (χ1v) is 6.43. The fraction of sp³-hybridized carbons (Fsp3) is 0.500. The predicted molar refractivity (Wildman–Crippen MR) is 66.1 cm³/mol. The van der Waals surface area contributed by atoms with Gasteiger partial charge in [-0.25, -0.2) is 0 Å². The first-order valence-electron chi connectivity index (χ1n) is 5.31. The molecule has 0 heterocycles. The average Bonchev–Trinajstić information content (AvgIpc) is 2.34. The minimum Gasteiger partial charge on any atom is -0.496 e. The number of hydrogen-bond donors (Lipinski definition) is 0. The summed E-state index contributed by atoms with van der Waals surface area (Å²) >= 11 is 3.16. The molecule has 1 aromatic rings. The van der Waals surface area contributed by atoms with Crippen LogP contribution in [-0.2, 0) is 4.74 Å². The Morgan fingerprint density at radius 2 is 1.89 bits per heavy atom. The van der Waals surface area contributed by atoms with E-state index in [1.807, 2.05) is 0 Å². The Labute approximate surface area is 112 Å². The van der Waals surface area contributed by atoms with Gasteiger partial charge in [-0.2, -0.15) is 13.2 Å². The van der Waals surface area contributed by atoms with Crippen molar-refractivity contribution in [3.05, 3.63) is 29.8 Å². The largest absolute Gasteiger partial charge is 0.496 e. The van der Waals surface area contributed by atoms with Gasteiger partial charge in [0.1, 0.15) is 5.75 Å². The third kappa shape index (κ3) is 3.88. The first kappa shape index (κ1) is 15.3. The van der Waals surface area contributed by atoms with Crippen LogP contribution in [0.25, 0.3) is 0 Å². The zero-order valence-electron chi connectivity index (χ0n) is 10.00. The fourth-order valence-corrected chi connectivity index (χ4v) is 1.95. The van der Waals surface area contributed by atoms with E-state index in [1.54, 1.807) is 24.3 Å². The second kappa shape index (κ2) is 6.43. The van der Waals surface area contributed by atoms with Crippen LogP contribution in [0.15, 0.2) is 24.3 Å². The monoisotopic (exact) mass is 326 g/mol. The van der Waals surface area contributed by atoms with E-state index >= 15 is 0 Å². The van der Waals surface area contributed by atoms with Gasteiger partial charge in [0, 0.05) is 10.9 Å². The Morgan fingerprint density at radius 1 is 1.28 bits per heavy atom. The molecule has 0 amide bonds. The smallest absolute Gasteiger partial charge is 0.414 e. The third-order valence-electron chi connectivity index (χ3n) is 2.46. The summed E-state index contributed by atoms with van der Waals surface area (Å²) in [5, 5.41) is 0.258. The Bertz CT molecular complexity index is 382. The minimum atomic E-state index is -4.37. The molecule has 102 valence electrons. The summed E-state index contributed by atoms with van der Waals surface area (Å²) in [5.74, 6) is 0.510. The zero-order chi connectivity index (χ0) is 13.8. The molecule has 0 aromatic heterocycles. The Balaban J connectivity index is 2.90. The van der Waals surface area contributed by atoms with E-state index in [9.17, 15) is 13.2 Å². The van der Waals surface area contributed by atoms with E-state index in [0.29, 0.717) is 11.3 Å². The summed E-state index contributed by atoms with van der Waals surface area (Å²) in [5.41, 5.74) is 0.591. The minimum absolute atomic E-state index is 0.258. The molecule has 2 unspecified atom stereocenters. The number of para-hydroxylation sites is 1. The molecule has 2 nitrogen and oxygen atoms in total. The molecule has 18 heavy (non-hydrogen) atoms. The molecule has 0 aliphatic heterocycles. The Kier molecular flexibility index (Phi) is 5.47. The van der Waals surface area contributed by atoms with Crippen molar-refractivity contribution in [3.8, 4) is 5.75 Å². The average molecular weight is 327 g/mol. The maximum Gasteiger partial charge on any atom is 0.414 e. The molecule has 0 aliphatic carbocycles. The summed E-state index contributed by atoms with van der Waals surface area (Å²) in [6.45, 7) is 0.991. The SMILES string of the molecule is COc1ccccc1C(CBr)OC(C)C(F)(F)F. The van der Waals surface area contributed by atoms with E-state index in [4.69, 9.17) is 9.47 Å². The number of methoxy groups -OCH3 is 1. The van der Waals surface area contributed by atoms with Crippen molar-refractivity contribution in [1.82, 2.24) is 0 Å². The van der Waals surface area contributed by atoms with Crippen LogP contribution < -0.4 is 4.74 Å². The van der Waals surface area contributed by atoms with Crippen molar-refractivity contribution in [3.63, 3.8) is 0 Å². The number of ether oxygens (including phenoxy) is 2.